The highest BCUT2D eigenvalue weighted by Gasteiger charge is 2.21. The summed E-state index contributed by atoms with van der Waals surface area (Å²) in [5.74, 6) is 1.73. The van der Waals surface area contributed by atoms with E-state index in [2.05, 4.69) is 39.2 Å². The van der Waals surface area contributed by atoms with Gasteiger partial charge in [0.25, 0.3) is 0 Å². The lowest BCUT2D eigenvalue weighted by Gasteiger charge is -2.37. The van der Waals surface area contributed by atoms with Gasteiger partial charge in [-0.15, -0.1) is 10.2 Å². The molecule has 0 amide bonds. The molecule has 0 atom stereocenters. The Morgan fingerprint density at radius 1 is 1.19 bits per heavy atom. The Morgan fingerprint density at radius 2 is 1.96 bits per heavy atom. The molecule has 1 N–H and O–H groups in total. The average Bonchev–Trinajstić information content (AvgIpc) is 3.15. The number of aromatic nitrogens is 3. The highest BCUT2D eigenvalue weighted by atomic mass is 19.1. The number of rotatable bonds is 6. The van der Waals surface area contributed by atoms with Crippen molar-refractivity contribution in [3.8, 4) is 0 Å². The van der Waals surface area contributed by atoms with Crippen LogP contribution < -0.4 is 10.2 Å². The Kier molecular flexibility index (Phi) is 6.62. The summed E-state index contributed by atoms with van der Waals surface area (Å²) in [4.78, 5) is 9.11. The predicted molar refractivity (Wildman–Crippen MR) is 106 cm³/mol. The lowest BCUT2D eigenvalue weighted by Crippen LogP contribution is -2.52. The molecule has 1 fully saturated rings. The maximum absolute atomic E-state index is 14.0. The van der Waals surface area contributed by atoms with Gasteiger partial charge in [0, 0.05) is 45.7 Å². The highest BCUT2D eigenvalue weighted by molar-refractivity contribution is 5.80. The van der Waals surface area contributed by atoms with Crippen LogP contribution in [-0.4, -0.2) is 64.9 Å². The topological polar surface area (TPSA) is 61.6 Å². The summed E-state index contributed by atoms with van der Waals surface area (Å²) in [6.45, 7) is 9.57. The van der Waals surface area contributed by atoms with Crippen LogP contribution in [0.3, 0.4) is 0 Å². The van der Waals surface area contributed by atoms with E-state index in [1.807, 2.05) is 16.7 Å². The third-order valence-corrected chi connectivity index (χ3v) is 4.72. The van der Waals surface area contributed by atoms with E-state index in [9.17, 15) is 4.39 Å². The second-order valence-electron chi connectivity index (χ2n) is 6.46. The Hall–Kier alpha value is -2.64. The maximum Gasteiger partial charge on any atom is 0.194 e. The molecule has 27 heavy (non-hydrogen) atoms. The number of nitrogens with zero attached hydrogens (tertiary/aromatic N) is 6. The van der Waals surface area contributed by atoms with Gasteiger partial charge in [-0.05, 0) is 19.1 Å². The number of anilines is 1. The van der Waals surface area contributed by atoms with Crippen molar-refractivity contribution >= 4 is 11.6 Å². The SMILES string of the molecule is CCNC(=NCCn1cnnc1CC)N1CCN(c2ccccc2F)CC1. The molecule has 1 aliphatic rings. The standard InChI is InChI=1S/C19H28FN7/c1-3-18-24-23-15-27(18)10-9-22-19(21-4-2)26-13-11-25(12-14-26)17-8-6-5-7-16(17)20/h5-8,15H,3-4,9-14H2,1-2H3,(H,21,22). The fourth-order valence-corrected chi connectivity index (χ4v) is 3.30. The van der Waals surface area contributed by atoms with Crippen molar-refractivity contribution in [1.82, 2.24) is 25.0 Å². The third kappa shape index (κ3) is 4.75. The van der Waals surface area contributed by atoms with Gasteiger partial charge >= 0.3 is 0 Å². The Morgan fingerprint density at radius 3 is 2.67 bits per heavy atom. The molecule has 146 valence electrons. The molecule has 0 radical (unpaired) electrons. The number of hydrogen-bond acceptors (Lipinski definition) is 4. The summed E-state index contributed by atoms with van der Waals surface area (Å²) >= 11 is 0. The Labute approximate surface area is 159 Å². The number of benzene rings is 1. The number of aryl methyl sites for hydroxylation is 1. The van der Waals surface area contributed by atoms with Crippen molar-refractivity contribution in [1.29, 1.82) is 0 Å². The van der Waals surface area contributed by atoms with Gasteiger partial charge in [0.2, 0.25) is 0 Å². The molecule has 0 saturated carbocycles. The minimum atomic E-state index is -0.160. The summed E-state index contributed by atoms with van der Waals surface area (Å²) in [5.41, 5.74) is 0.679. The van der Waals surface area contributed by atoms with Crippen molar-refractivity contribution in [2.45, 2.75) is 26.8 Å². The van der Waals surface area contributed by atoms with Gasteiger partial charge < -0.3 is 19.7 Å². The molecule has 1 aromatic heterocycles. The molecular weight excluding hydrogens is 345 g/mol. The van der Waals surface area contributed by atoms with Crippen LogP contribution in [0.25, 0.3) is 0 Å². The molecule has 0 bridgehead atoms. The van der Waals surface area contributed by atoms with E-state index < -0.39 is 0 Å². The molecule has 2 aromatic rings. The molecule has 0 unspecified atom stereocenters. The summed E-state index contributed by atoms with van der Waals surface area (Å²) in [6.07, 6.45) is 2.62. The zero-order valence-corrected chi connectivity index (χ0v) is 16.1. The summed E-state index contributed by atoms with van der Waals surface area (Å²) in [7, 11) is 0. The number of piperazine rings is 1. The van der Waals surface area contributed by atoms with E-state index in [4.69, 9.17) is 4.99 Å². The smallest absolute Gasteiger partial charge is 0.194 e. The highest BCUT2D eigenvalue weighted by Crippen LogP contribution is 2.20. The summed E-state index contributed by atoms with van der Waals surface area (Å²) in [6, 6.07) is 6.97. The fraction of sp³-hybridized carbons (Fsp3) is 0.526. The minimum absolute atomic E-state index is 0.160. The zero-order chi connectivity index (χ0) is 19.1. The Bertz CT molecular complexity index is 750. The number of hydrogen-bond donors (Lipinski definition) is 1. The number of guanidine groups is 1. The molecule has 1 aliphatic heterocycles. The van der Waals surface area contributed by atoms with Crippen molar-refractivity contribution < 1.29 is 4.39 Å². The molecule has 3 rings (SSSR count). The molecule has 0 aliphatic carbocycles. The first-order valence-corrected chi connectivity index (χ1v) is 9.62. The normalized spacial score (nSPS) is 15.3. The van der Waals surface area contributed by atoms with E-state index in [0.717, 1.165) is 57.5 Å². The Balaban J connectivity index is 1.58. The van der Waals surface area contributed by atoms with Crippen LogP contribution in [0.4, 0.5) is 10.1 Å². The monoisotopic (exact) mass is 373 g/mol. The molecule has 8 heteroatoms. The zero-order valence-electron chi connectivity index (χ0n) is 16.1. The molecule has 0 spiro atoms. The van der Waals surface area contributed by atoms with E-state index in [-0.39, 0.29) is 5.82 Å². The van der Waals surface area contributed by atoms with Gasteiger partial charge in [-0.1, -0.05) is 19.1 Å². The van der Waals surface area contributed by atoms with Crippen LogP contribution in [0.2, 0.25) is 0 Å². The molecule has 7 nitrogen and oxygen atoms in total. The predicted octanol–water partition coefficient (Wildman–Crippen LogP) is 1.77. The average molecular weight is 373 g/mol. The van der Waals surface area contributed by atoms with Gasteiger partial charge in [0.1, 0.15) is 18.0 Å². The lowest BCUT2D eigenvalue weighted by molar-refractivity contribution is 0.370. The summed E-state index contributed by atoms with van der Waals surface area (Å²) in [5, 5.41) is 11.4. The second-order valence-corrected chi connectivity index (χ2v) is 6.46. The number of para-hydroxylation sites is 1. The largest absolute Gasteiger partial charge is 0.366 e. The van der Waals surface area contributed by atoms with E-state index in [1.165, 1.54) is 6.07 Å². The van der Waals surface area contributed by atoms with E-state index in [0.29, 0.717) is 12.2 Å². The second kappa shape index (κ2) is 9.34. The van der Waals surface area contributed by atoms with Crippen LogP contribution >= 0.6 is 0 Å². The summed E-state index contributed by atoms with van der Waals surface area (Å²) < 4.78 is 16.1. The van der Waals surface area contributed by atoms with Gasteiger partial charge in [-0.25, -0.2) is 4.39 Å². The number of aliphatic imine (C=N–C) groups is 1. The van der Waals surface area contributed by atoms with Crippen molar-refractivity contribution in [3.05, 3.63) is 42.2 Å². The van der Waals surface area contributed by atoms with Crippen molar-refractivity contribution in [2.24, 2.45) is 4.99 Å². The van der Waals surface area contributed by atoms with Gasteiger partial charge in [0.15, 0.2) is 5.96 Å². The minimum Gasteiger partial charge on any atom is -0.366 e. The number of halogens is 1. The molecular formula is C19H28FN7. The van der Waals surface area contributed by atoms with Crippen molar-refractivity contribution in [2.75, 3.05) is 44.2 Å². The van der Waals surface area contributed by atoms with Gasteiger partial charge in [-0.2, -0.15) is 0 Å². The third-order valence-electron chi connectivity index (χ3n) is 4.72. The van der Waals surface area contributed by atoms with Crippen LogP contribution in [0.15, 0.2) is 35.6 Å². The van der Waals surface area contributed by atoms with Gasteiger partial charge in [-0.3, -0.25) is 4.99 Å². The van der Waals surface area contributed by atoms with E-state index >= 15 is 0 Å². The quantitative estimate of drug-likeness (QED) is 0.618. The first kappa shape index (κ1) is 19.1. The number of nitrogens with one attached hydrogen (secondary N) is 1. The lowest BCUT2D eigenvalue weighted by atomic mass is 10.2. The fourth-order valence-electron chi connectivity index (χ4n) is 3.30. The van der Waals surface area contributed by atoms with Crippen LogP contribution in [-0.2, 0) is 13.0 Å². The van der Waals surface area contributed by atoms with E-state index in [1.54, 1.807) is 12.4 Å². The van der Waals surface area contributed by atoms with Crippen molar-refractivity contribution in [3.63, 3.8) is 0 Å². The molecule has 2 heterocycles. The molecule has 1 aromatic carbocycles. The van der Waals surface area contributed by atoms with Crippen LogP contribution in [0.5, 0.6) is 0 Å². The van der Waals surface area contributed by atoms with Gasteiger partial charge in [0.05, 0.1) is 12.2 Å². The van der Waals surface area contributed by atoms with Crippen LogP contribution in [0.1, 0.15) is 19.7 Å². The van der Waals surface area contributed by atoms with Crippen LogP contribution in [0, 0.1) is 5.82 Å². The molecule has 1 saturated heterocycles. The first-order valence-electron chi connectivity index (χ1n) is 9.62. The maximum atomic E-state index is 14.0. The first-order chi connectivity index (χ1) is 13.2.